The van der Waals surface area contributed by atoms with Crippen LogP contribution in [0.15, 0.2) is 51.7 Å². The average Bonchev–Trinajstić information content (AvgIpc) is 2.45. The normalized spacial score (nSPS) is 10.8. The summed E-state index contributed by atoms with van der Waals surface area (Å²) in [6, 6.07) is 12.1. The first-order chi connectivity index (χ1) is 10.5. The highest BCUT2D eigenvalue weighted by Gasteiger charge is 2.22. The molecule has 0 atom stereocenters. The van der Waals surface area contributed by atoms with Crippen molar-refractivity contribution in [3.05, 3.63) is 74.1 Å². The summed E-state index contributed by atoms with van der Waals surface area (Å²) in [5.74, 6) is 0. The second-order valence-electron chi connectivity index (χ2n) is 5.22. The molecule has 0 N–H and O–H groups in total. The van der Waals surface area contributed by atoms with Crippen LogP contribution in [-0.4, -0.2) is 4.92 Å². The Morgan fingerprint density at radius 1 is 1.05 bits per heavy atom. The molecular formula is C17H13NO4. The van der Waals surface area contributed by atoms with E-state index in [1.54, 1.807) is 43.3 Å². The minimum Gasteiger partial charge on any atom is -0.422 e. The highest BCUT2D eigenvalue weighted by Crippen LogP contribution is 2.33. The lowest BCUT2D eigenvalue weighted by molar-refractivity contribution is -0.384. The number of benzene rings is 2. The van der Waals surface area contributed by atoms with E-state index in [0.29, 0.717) is 16.7 Å². The number of fused-ring (bicyclic) bond motifs is 1. The van der Waals surface area contributed by atoms with Gasteiger partial charge in [0.1, 0.15) is 5.58 Å². The molecule has 5 nitrogen and oxygen atoms in total. The van der Waals surface area contributed by atoms with E-state index in [2.05, 4.69) is 0 Å². The van der Waals surface area contributed by atoms with E-state index in [0.717, 1.165) is 10.9 Å². The van der Waals surface area contributed by atoms with E-state index < -0.39 is 10.5 Å². The third-order valence-corrected chi connectivity index (χ3v) is 3.56. The maximum Gasteiger partial charge on any atom is 0.344 e. The van der Waals surface area contributed by atoms with Gasteiger partial charge in [-0.3, -0.25) is 10.1 Å². The number of hydrogen-bond acceptors (Lipinski definition) is 4. The summed E-state index contributed by atoms with van der Waals surface area (Å²) in [7, 11) is 0. The SMILES string of the molecule is Cc1cc(C)c([N+](=O)[O-])c(-c2cc3ccccc3oc2=O)c1. The van der Waals surface area contributed by atoms with Crippen LogP contribution in [0.4, 0.5) is 5.69 Å². The molecule has 3 aromatic rings. The Morgan fingerprint density at radius 3 is 2.50 bits per heavy atom. The van der Waals surface area contributed by atoms with Gasteiger partial charge in [-0.15, -0.1) is 0 Å². The molecule has 110 valence electrons. The van der Waals surface area contributed by atoms with Crippen LogP contribution in [-0.2, 0) is 0 Å². The van der Waals surface area contributed by atoms with Crippen LogP contribution in [0.1, 0.15) is 11.1 Å². The van der Waals surface area contributed by atoms with Crippen molar-refractivity contribution in [1.29, 1.82) is 0 Å². The van der Waals surface area contributed by atoms with Gasteiger partial charge in [0.25, 0.3) is 5.69 Å². The molecule has 0 bridgehead atoms. The van der Waals surface area contributed by atoms with Crippen molar-refractivity contribution in [1.82, 2.24) is 0 Å². The third kappa shape index (κ3) is 2.26. The fourth-order valence-corrected chi connectivity index (χ4v) is 2.66. The number of nitro groups is 1. The first-order valence-corrected chi connectivity index (χ1v) is 6.76. The molecule has 22 heavy (non-hydrogen) atoms. The monoisotopic (exact) mass is 295 g/mol. The van der Waals surface area contributed by atoms with Gasteiger partial charge < -0.3 is 4.42 Å². The van der Waals surface area contributed by atoms with Gasteiger partial charge in [-0.05, 0) is 43.7 Å². The Hall–Kier alpha value is -2.95. The van der Waals surface area contributed by atoms with E-state index in [1.807, 2.05) is 13.0 Å². The third-order valence-electron chi connectivity index (χ3n) is 3.56. The Morgan fingerprint density at radius 2 is 1.77 bits per heavy atom. The second kappa shape index (κ2) is 5.11. The molecule has 0 radical (unpaired) electrons. The highest BCUT2D eigenvalue weighted by atomic mass is 16.6. The molecule has 0 aliphatic heterocycles. The summed E-state index contributed by atoms with van der Waals surface area (Å²) < 4.78 is 5.28. The molecule has 5 heteroatoms. The number of rotatable bonds is 2. The lowest BCUT2D eigenvalue weighted by Gasteiger charge is -2.07. The lowest BCUT2D eigenvalue weighted by Crippen LogP contribution is -2.06. The number of hydrogen-bond donors (Lipinski definition) is 0. The van der Waals surface area contributed by atoms with Crippen molar-refractivity contribution in [2.45, 2.75) is 13.8 Å². The van der Waals surface area contributed by atoms with E-state index in [-0.39, 0.29) is 11.3 Å². The first-order valence-electron chi connectivity index (χ1n) is 6.76. The van der Waals surface area contributed by atoms with Gasteiger partial charge in [0.2, 0.25) is 0 Å². The van der Waals surface area contributed by atoms with Gasteiger partial charge in [-0.1, -0.05) is 18.2 Å². The predicted molar refractivity (Wildman–Crippen MR) is 84.0 cm³/mol. The smallest absolute Gasteiger partial charge is 0.344 e. The van der Waals surface area contributed by atoms with Gasteiger partial charge in [0.15, 0.2) is 0 Å². The van der Waals surface area contributed by atoms with Crippen LogP contribution >= 0.6 is 0 Å². The number of para-hydroxylation sites is 1. The Bertz CT molecular complexity index is 957. The molecule has 0 aliphatic rings. The van der Waals surface area contributed by atoms with Crippen LogP contribution in [0.3, 0.4) is 0 Å². The summed E-state index contributed by atoms with van der Waals surface area (Å²) >= 11 is 0. The lowest BCUT2D eigenvalue weighted by atomic mass is 9.98. The van der Waals surface area contributed by atoms with Crippen molar-refractivity contribution in [2.75, 3.05) is 0 Å². The molecule has 1 heterocycles. The maximum atomic E-state index is 12.2. The molecular weight excluding hydrogens is 282 g/mol. The van der Waals surface area contributed by atoms with Crippen LogP contribution in [0.25, 0.3) is 22.1 Å². The van der Waals surface area contributed by atoms with Crippen molar-refractivity contribution < 1.29 is 9.34 Å². The molecule has 2 aromatic carbocycles. The van der Waals surface area contributed by atoms with Crippen LogP contribution in [0.2, 0.25) is 0 Å². The fraction of sp³-hybridized carbons (Fsp3) is 0.118. The molecule has 0 aliphatic carbocycles. The van der Waals surface area contributed by atoms with E-state index in [1.165, 1.54) is 0 Å². The second-order valence-corrected chi connectivity index (χ2v) is 5.22. The number of nitrogens with zero attached hydrogens (tertiary/aromatic N) is 1. The zero-order valence-electron chi connectivity index (χ0n) is 12.1. The van der Waals surface area contributed by atoms with E-state index >= 15 is 0 Å². The van der Waals surface area contributed by atoms with Crippen LogP contribution in [0, 0.1) is 24.0 Å². The van der Waals surface area contributed by atoms with Crippen molar-refractivity contribution >= 4 is 16.7 Å². The van der Waals surface area contributed by atoms with E-state index in [4.69, 9.17) is 4.42 Å². The standard InChI is InChI=1S/C17H13NO4/c1-10-7-11(2)16(18(20)21)13(8-10)14-9-12-5-3-4-6-15(12)22-17(14)19/h3-9H,1-2H3. The number of aryl methyl sites for hydroxylation is 2. The molecule has 3 rings (SSSR count). The predicted octanol–water partition coefficient (Wildman–Crippen LogP) is 3.99. The zero-order valence-corrected chi connectivity index (χ0v) is 12.1. The van der Waals surface area contributed by atoms with Crippen LogP contribution in [0.5, 0.6) is 0 Å². The molecule has 0 saturated carbocycles. The van der Waals surface area contributed by atoms with Crippen molar-refractivity contribution in [3.63, 3.8) is 0 Å². The summed E-state index contributed by atoms with van der Waals surface area (Å²) in [4.78, 5) is 23.2. The minimum atomic E-state index is -0.577. The Balaban J connectivity index is 2.39. The summed E-state index contributed by atoms with van der Waals surface area (Å²) in [6.45, 7) is 3.50. The van der Waals surface area contributed by atoms with Gasteiger partial charge >= 0.3 is 5.63 Å². The number of nitro benzene ring substituents is 1. The largest absolute Gasteiger partial charge is 0.422 e. The molecule has 0 saturated heterocycles. The topological polar surface area (TPSA) is 73.3 Å². The quantitative estimate of drug-likeness (QED) is 0.407. The van der Waals surface area contributed by atoms with Crippen LogP contribution < -0.4 is 5.63 Å². The Labute approximate surface area is 126 Å². The molecule has 0 amide bonds. The minimum absolute atomic E-state index is 0.0619. The van der Waals surface area contributed by atoms with Gasteiger partial charge in [-0.2, -0.15) is 0 Å². The van der Waals surface area contributed by atoms with Gasteiger partial charge in [0.05, 0.1) is 16.1 Å². The molecule has 0 unspecified atom stereocenters. The fourth-order valence-electron chi connectivity index (χ4n) is 2.66. The van der Waals surface area contributed by atoms with Crippen molar-refractivity contribution in [3.8, 4) is 11.1 Å². The summed E-state index contributed by atoms with van der Waals surface area (Å²) in [5, 5.41) is 12.1. The zero-order chi connectivity index (χ0) is 15.9. The first kappa shape index (κ1) is 14.0. The van der Waals surface area contributed by atoms with Gasteiger partial charge in [0, 0.05) is 10.9 Å². The Kier molecular flexibility index (Phi) is 3.25. The molecule has 0 fully saturated rings. The van der Waals surface area contributed by atoms with Crippen molar-refractivity contribution in [2.24, 2.45) is 0 Å². The molecule has 1 aromatic heterocycles. The van der Waals surface area contributed by atoms with Gasteiger partial charge in [-0.25, -0.2) is 4.79 Å². The highest BCUT2D eigenvalue weighted by molar-refractivity contribution is 5.84. The maximum absolute atomic E-state index is 12.2. The summed E-state index contributed by atoms with van der Waals surface area (Å²) in [6.07, 6.45) is 0. The average molecular weight is 295 g/mol. The summed E-state index contributed by atoms with van der Waals surface area (Å²) in [5.41, 5.74) is 1.70. The molecule has 0 spiro atoms. The van der Waals surface area contributed by atoms with E-state index in [9.17, 15) is 14.9 Å².